The number of aryl methyl sites for hydroxylation is 3. The third-order valence-corrected chi connectivity index (χ3v) is 5.99. The molecule has 0 radical (unpaired) electrons. The Labute approximate surface area is 191 Å². The van der Waals surface area contributed by atoms with Crippen molar-refractivity contribution in [1.29, 1.82) is 0 Å². The van der Waals surface area contributed by atoms with E-state index in [-0.39, 0.29) is 18.3 Å². The molecule has 0 spiro atoms. The molecule has 8 nitrogen and oxygen atoms in total. The molecule has 33 heavy (non-hydrogen) atoms. The fourth-order valence-electron chi connectivity index (χ4n) is 3.79. The van der Waals surface area contributed by atoms with Crippen LogP contribution in [0.4, 0.5) is 0 Å². The molecule has 2 heterocycles. The molecule has 1 amide bonds. The minimum Gasteiger partial charge on any atom is -0.376 e. The first-order valence-electron chi connectivity index (χ1n) is 11.1. The van der Waals surface area contributed by atoms with Crippen LogP contribution in [0.5, 0.6) is 0 Å². The summed E-state index contributed by atoms with van der Waals surface area (Å²) < 4.78 is 7.74. The number of benzene rings is 2. The number of amides is 1. The standard InChI is InChI=1S/C25H28N4O4/c1-16-6-9-19(10-7-16)15-28-24(31)22(23(30)26-14-21-5-4-12-33-21)27-29(25(28)32)20-11-8-17(2)18(3)13-20/h6-11,13,21H,4-5,12,14-15H2,1-3H3,(H,26,30)/t21-/m0/s1. The molecule has 1 aliphatic rings. The predicted molar refractivity (Wildman–Crippen MR) is 125 cm³/mol. The normalized spacial score (nSPS) is 15.5. The summed E-state index contributed by atoms with van der Waals surface area (Å²) in [5.74, 6) is -0.620. The van der Waals surface area contributed by atoms with Crippen LogP contribution in [0, 0.1) is 20.8 Å². The maximum absolute atomic E-state index is 13.3. The van der Waals surface area contributed by atoms with Gasteiger partial charge in [0, 0.05) is 13.2 Å². The molecule has 8 heteroatoms. The van der Waals surface area contributed by atoms with Crippen LogP contribution in [-0.2, 0) is 11.3 Å². The molecule has 0 unspecified atom stereocenters. The fraction of sp³-hybridized carbons (Fsp3) is 0.360. The molecule has 1 aromatic heterocycles. The number of aromatic nitrogens is 3. The summed E-state index contributed by atoms with van der Waals surface area (Å²) in [5, 5.41) is 6.94. The van der Waals surface area contributed by atoms with Gasteiger partial charge >= 0.3 is 5.69 Å². The third-order valence-electron chi connectivity index (χ3n) is 5.99. The average Bonchev–Trinajstić information content (AvgIpc) is 3.32. The molecule has 0 saturated carbocycles. The van der Waals surface area contributed by atoms with Crippen molar-refractivity contribution in [2.75, 3.05) is 13.2 Å². The van der Waals surface area contributed by atoms with E-state index >= 15 is 0 Å². The molecule has 3 aromatic rings. The van der Waals surface area contributed by atoms with E-state index in [1.165, 1.54) is 0 Å². The molecule has 0 aliphatic carbocycles. The number of hydrogen-bond acceptors (Lipinski definition) is 5. The Hall–Kier alpha value is -3.52. The zero-order valence-corrected chi connectivity index (χ0v) is 19.1. The second-order valence-electron chi connectivity index (χ2n) is 8.53. The van der Waals surface area contributed by atoms with Crippen LogP contribution < -0.4 is 16.6 Å². The van der Waals surface area contributed by atoms with Crippen molar-refractivity contribution < 1.29 is 9.53 Å². The first-order chi connectivity index (χ1) is 15.8. The van der Waals surface area contributed by atoms with Crippen molar-refractivity contribution in [2.45, 2.75) is 46.3 Å². The van der Waals surface area contributed by atoms with E-state index in [1.807, 2.05) is 57.2 Å². The second-order valence-corrected chi connectivity index (χ2v) is 8.53. The van der Waals surface area contributed by atoms with E-state index in [0.717, 1.165) is 44.3 Å². The molecule has 0 bridgehead atoms. The molecule has 1 aliphatic heterocycles. The Morgan fingerprint density at radius 1 is 1.09 bits per heavy atom. The number of carbonyl (C=O) groups excluding carboxylic acids is 1. The number of ether oxygens (including phenoxy) is 1. The molecule has 1 atom stereocenters. The molecule has 1 N–H and O–H groups in total. The van der Waals surface area contributed by atoms with Crippen molar-refractivity contribution in [3.05, 3.63) is 91.3 Å². The lowest BCUT2D eigenvalue weighted by Crippen LogP contribution is -2.46. The van der Waals surface area contributed by atoms with E-state index in [2.05, 4.69) is 10.4 Å². The van der Waals surface area contributed by atoms with E-state index in [4.69, 9.17) is 4.74 Å². The first-order valence-corrected chi connectivity index (χ1v) is 11.1. The Balaban J connectivity index is 1.78. The minimum absolute atomic E-state index is 0.0390. The van der Waals surface area contributed by atoms with Crippen molar-refractivity contribution in [1.82, 2.24) is 19.7 Å². The van der Waals surface area contributed by atoms with Crippen LogP contribution in [0.1, 0.15) is 45.6 Å². The number of nitrogens with one attached hydrogen (secondary N) is 1. The van der Waals surface area contributed by atoms with Gasteiger partial charge in [-0.25, -0.2) is 4.79 Å². The van der Waals surface area contributed by atoms with Crippen molar-refractivity contribution in [2.24, 2.45) is 0 Å². The highest BCUT2D eigenvalue weighted by atomic mass is 16.5. The van der Waals surface area contributed by atoms with Gasteiger partial charge in [0.1, 0.15) is 0 Å². The van der Waals surface area contributed by atoms with Gasteiger partial charge < -0.3 is 10.1 Å². The van der Waals surface area contributed by atoms with Gasteiger partial charge in [-0.1, -0.05) is 35.9 Å². The number of carbonyl (C=O) groups is 1. The summed E-state index contributed by atoms with van der Waals surface area (Å²) in [6, 6.07) is 13.0. The predicted octanol–water partition coefficient (Wildman–Crippen LogP) is 2.28. The monoisotopic (exact) mass is 448 g/mol. The smallest absolute Gasteiger partial charge is 0.352 e. The summed E-state index contributed by atoms with van der Waals surface area (Å²) in [6.07, 6.45) is 1.72. The van der Waals surface area contributed by atoms with Crippen LogP contribution in [0.25, 0.3) is 5.69 Å². The zero-order valence-electron chi connectivity index (χ0n) is 19.1. The Kier molecular flexibility index (Phi) is 6.55. The van der Waals surface area contributed by atoms with Gasteiger partial charge in [0.2, 0.25) is 5.69 Å². The fourth-order valence-corrected chi connectivity index (χ4v) is 3.79. The quantitative estimate of drug-likeness (QED) is 0.624. The lowest BCUT2D eigenvalue weighted by Gasteiger charge is -2.14. The Bertz CT molecular complexity index is 1290. The minimum atomic E-state index is -0.717. The van der Waals surface area contributed by atoms with E-state index < -0.39 is 17.2 Å². The van der Waals surface area contributed by atoms with Crippen LogP contribution in [0.15, 0.2) is 52.1 Å². The molecular weight excluding hydrogens is 420 g/mol. The lowest BCUT2D eigenvalue weighted by atomic mass is 10.1. The van der Waals surface area contributed by atoms with Crippen LogP contribution in [0.3, 0.4) is 0 Å². The molecular formula is C25H28N4O4. The topological polar surface area (TPSA) is 95.2 Å². The van der Waals surface area contributed by atoms with Crippen LogP contribution >= 0.6 is 0 Å². The van der Waals surface area contributed by atoms with Gasteiger partial charge in [-0.15, -0.1) is 0 Å². The molecule has 4 rings (SSSR count). The summed E-state index contributed by atoms with van der Waals surface area (Å²) >= 11 is 0. The number of hydrogen-bond donors (Lipinski definition) is 1. The highest BCUT2D eigenvalue weighted by molar-refractivity contribution is 5.91. The highest BCUT2D eigenvalue weighted by Crippen LogP contribution is 2.13. The molecule has 1 saturated heterocycles. The van der Waals surface area contributed by atoms with Gasteiger partial charge in [0.25, 0.3) is 11.5 Å². The Morgan fingerprint density at radius 3 is 2.52 bits per heavy atom. The van der Waals surface area contributed by atoms with Crippen LogP contribution in [-0.4, -0.2) is 39.5 Å². The van der Waals surface area contributed by atoms with E-state index in [0.29, 0.717) is 18.8 Å². The summed E-state index contributed by atoms with van der Waals surface area (Å²) in [4.78, 5) is 39.4. The SMILES string of the molecule is Cc1ccc(Cn2c(=O)c(C(=O)NC[C@@H]3CCCO3)nn(-c3ccc(C)c(C)c3)c2=O)cc1. The third kappa shape index (κ3) is 4.96. The molecule has 1 fully saturated rings. The van der Waals surface area contributed by atoms with E-state index in [1.54, 1.807) is 6.07 Å². The van der Waals surface area contributed by atoms with Gasteiger partial charge in [0.15, 0.2) is 0 Å². The molecule has 172 valence electrons. The van der Waals surface area contributed by atoms with Crippen molar-refractivity contribution >= 4 is 5.91 Å². The largest absolute Gasteiger partial charge is 0.376 e. The maximum Gasteiger partial charge on any atom is 0.352 e. The van der Waals surface area contributed by atoms with E-state index in [9.17, 15) is 14.4 Å². The van der Waals surface area contributed by atoms with Gasteiger partial charge in [-0.3, -0.25) is 14.2 Å². The lowest BCUT2D eigenvalue weighted by molar-refractivity contribution is 0.0849. The van der Waals surface area contributed by atoms with Gasteiger partial charge in [-0.05, 0) is 62.4 Å². The molecule has 2 aromatic carbocycles. The average molecular weight is 449 g/mol. The summed E-state index contributed by atoms with van der Waals surface area (Å²) in [7, 11) is 0. The summed E-state index contributed by atoms with van der Waals surface area (Å²) in [6.45, 7) is 6.86. The number of rotatable bonds is 6. The van der Waals surface area contributed by atoms with Gasteiger partial charge in [0.05, 0.1) is 18.3 Å². The second kappa shape index (κ2) is 9.54. The van der Waals surface area contributed by atoms with Crippen molar-refractivity contribution in [3.63, 3.8) is 0 Å². The van der Waals surface area contributed by atoms with Crippen LogP contribution in [0.2, 0.25) is 0 Å². The zero-order chi connectivity index (χ0) is 23.5. The Morgan fingerprint density at radius 2 is 1.85 bits per heavy atom. The number of nitrogens with zero attached hydrogens (tertiary/aromatic N) is 3. The maximum atomic E-state index is 13.3. The van der Waals surface area contributed by atoms with Crippen molar-refractivity contribution in [3.8, 4) is 5.69 Å². The first kappa shape index (κ1) is 22.7. The highest BCUT2D eigenvalue weighted by Gasteiger charge is 2.23. The summed E-state index contributed by atoms with van der Waals surface area (Å²) in [5.41, 5.74) is 2.75. The van der Waals surface area contributed by atoms with Gasteiger partial charge in [-0.2, -0.15) is 9.78 Å².